The maximum absolute atomic E-state index is 14.5. The van der Waals surface area contributed by atoms with Crippen LogP contribution in [0.5, 0.6) is 5.75 Å². The molecule has 2 aliphatic rings. The van der Waals surface area contributed by atoms with E-state index in [4.69, 9.17) is 9.47 Å². The Morgan fingerprint density at radius 2 is 2.14 bits per heavy atom. The van der Waals surface area contributed by atoms with Crippen molar-refractivity contribution in [2.75, 3.05) is 36.2 Å². The van der Waals surface area contributed by atoms with Crippen LogP contribution in [0.3, 0.4) is 0 Å². The second-order valence-electron chi connectivity index (χ2n) is 8.71. The first-order valence-corrected chi connectivity index (χ1v) is 12.6. The van der Waals surface area contributed by atoms with E-state index in [0.717, 1.165) is 11.1 Å². The molecule has 3 atom stereocenters. The van der Waals surface area contributed by atoms with E-state index in [1.807, 2.05) is 6.07 Å². The molecule has 2 amide bonds. The number of fused-ring (bicyclic) bond motifs is 2. The number of halogens is 1. The largest absolute Gasteiger partial charge is 0.497 e. The smallest absolute Gasteiger partial charge is 0.414 e. The second kappa shape index (κ2) is 10.5. The van der Waals surface area contributed by atoms with E-state index in [-0.39, 0.29) is 25.5 Å². The van der Waals surface area contributed by atoms with Crippen LogP contribution in [0.2, 0.25) is 0 Å². The molecule has 194 valence electrons. The molecule has 2 aromatic carbocycles. The summed E-state index contributed by atoms with van der Waals surface area (Å²) in [5.74, 6) is 0.255. The summed E-state index contributed by atoms with van der Waals surface area (Å²) in [6.07, 6.45) is -3.18. The number of carbonyl (C=O) groups excluding carboxylic acids is 2. The van der Waals surface area contributed by atoms with Crippen molar-refractivity contribution in [3.05, 3.63) is 54.0 Å². The first kappa shape index (κ1) is 25.2. The molecule has 1 fully saturated rings. The molecule has 0 aliphatic carbocycles. The normalized spacial score (nSPS) is 18.8. The Morgan fingerprint density at radius 3 is 2.95 bits per heavy atom. The van der Waals surface area contributed by atoms with Crippen molar-refractivity contribution in [2.45, 2.75) is 29.8 Å². The fourth-order valence-corrected chi connectivity index (χ4v) is 5.12. The molecule has 10 nitrogen and oxygen atoms in total. The first-order chi connectivity index (χ1) is 17.8. The lowest BCUT2D eigenvalue weighted by Gasteiger charge is -2.23. The summed E-state index contributed by atoms with van der Waals surface area (Å²) in [4.78, 5) is 30.5. The van der Waals surface area contributed by atoms with Crippen LogP contribution in [-0.4, -0.2) is 71.5 Å². The van der Waals surface area contributed by atoms with Gasteiger partial charge in [-0.25, -0.2) is 9.18 Å². The SMILES string of the molecule is COc1ccc2ncc(F)c(CNC[C@H](O)C(O)C3CN(c4ccc5c(c4)NC(=O)CS5)C(=O)O3)c2c1. The van der Waals surface area contributed by atoms with Crippen molar-refractivity contribution in [1.82, 2.24) is 10.3 Å². The van der Waals surface area contributed by atoms with Gasteiger partial charge >= 0.3 is 6.09 Å². The fourth-order valence-electron chi connectivity index (χ4n) is 4.33. The number of amides is 2. The number of hydrogen-bond donors (Lipinski definition) is 4. The van der Waals surface area contributed by atoms with Gasteiger partial charge in [0.2, 0.25) is 5.91 Å². The highest BCUT2D eigenvalue weighted by atomic mass is 32.2. The number of cyclic esters (lactones) is 1. The standard InChI is InChI=1S/C25H25FN4O6S/c1-35-14-3-4-18-15(7-14)16(17(26)9-28-18)8-27-10-20(31)24(33)21-11-30(25(34)36-21)13-2-5-22-19(6-13)29-23(32)12-37-22/h2-7,9,20-21,24,27,31,33H,8,10-12H2,1H3,(H,29,32)/t20-,21?,24?/m0/s1. The van der Waals surface area contributed by atoms with Gasteiger partial charge in [0.05, 0.1) is 42.9 Å². The number of nitrogens with one attached hydrogen (secondary N) is 2. The number of thioether (sulfide) groups is 1. The number of ether oxygens (including phenoxy) is 2. The maximum Gasteiger partial charge on any atom is 0.414 e. The van der Waals surface area contributed by atoms with Crippen LogP contribution in [0.1, 0.15) is 5.56 Å². The van der Waals surface area contributed by atoms with E-state index < -0.39 is 30.2 Å². The van der Waals surface area contributed by atoms with Crippen molar-refractivity contribution in [3.63, 3.8) is 0 Å². The Kier molecular flexibility index (Phi) is 7.15. The highest BCUT2D eigenvalue weighted by molar-refractivity contribution is 8.00. The molecule has 12 heteroatoms. The monoisotopic (exact) mass is 528 g/mol. The molecule has 0 bridgehead atoms. The molecule has 0 saturated carbocycles. The molecule has 37 heavy (non-hydrogen) atoms. The van der Waals surface area contributed by atoms with Gasteiger partial charge in [-0.15, -0.1) is 11.8 Å². The average molecular weight is 529 g/mol. The third-order valence-corrected chi connectivity index (χ3v) is 7.38. The predicted molar refractivity (Wildman–Crippen MR) is 135 cm³/mol. The molecule has 2 aliphatic heterocycles. The Bertz CT molecular complexity index is 1360. The number of benzene rings is 2. The number of aliphatic hydroxyl groups is 2. The van der Waals surface area contributed by atoms with Crippen molar-refractivity contribution in [1.29, 1.82) is 0 Å². The third kappa shape index (κ3) is 5.18. The van der Waals surface area contributed by atoms with Gasteiger partial charge in [-0.2, -0.15) is 0 Å². The first-order valence-electron chi connectivity index (χ1n) is 11.6. The van der Waals surface area contributed by atoms with Gasteiger partial charge in [-0.05, 0) is 36.4 Å². The fraction of sp³-hybridized carbons (Fsp3) is 0.320. The molecule has 1 aromatic heterocycles. The molecule has 1 saturated heterocycles. The van der Waals surface area contributed by atoms with Gasteiger partial charge in [-0.1, -0.05) is 0 Å². The summed E-state index contributed by atoms with van der Waals surface area (Å²) in [6, 6.07) is 10.4. The minimum absolute atomic E-state index is 0.0142. The second-order valence-corrected chi connectivity index (χ2v) is 9.72. The van der Waals surface area contributed by atoms with Gasteiger partial charge in [-0.3, -0.25) is 14.7 Å². The zero-order valence-corrected chi connectivity index (χ0v) is 20.6. The van der Waals surface area contributed by atoms with Crippen LogP contribution >= 0.6 is 11.8 Å². The van der Waals surface area contributed by atoms with Crippen LogP contribution < -0.4 is 20.3 Å². The van der Waals surface area contributed by atoms with E-state index in [2.05, 4.69) is 15.6 Å². The van der Waals surface area contributed by atoms with Crippen molar-refractivity contribution < 1.29 is 33.7 Å². The number of nitrogens with zero attached hydrogens (tertiary/aromatic N) is 2. The van der Waals surface area contributed by atoms with E-state index in [1.54, 1.807) is 30.3 Å². The molecule has 0 radical (unpaired) electrons. The average Bonchev–Trinajstić information content (AvgIpc) is 3.29. The Morgan fingerprint density at radius 1 is 1.30 bits per heavy atom. The lowest BCUT2D eigenvalue weighted by Crippen LogP contribution is -2.44. The molecule has 3 heterocycles. The van der Waals surface area contributed by atoms with Crippen LogP contribution in [0, 0.1) is 5.82 Å². The predicted octanol–water partition coefficient (Wildman–Crippen LogP) is 2.26. The summed E-state index contributed by atoms with van der Waals surface area (Å²) in [5, 5.41) is 27.5. The van der Waals surface area contributed by atoms with Crippen LogP contribution in [0.4, 0.5) is 20.6 Å². The van der Waals surface area contributed by atoms with Gasteiger partial charge < -0.3 is 30.3 Å². The zero-order valence-electron chi connectivity index (χ0n) is 19.8. The number of anilines is 2. The van der Waals surface area contributed by atoms with E-state index in [9.17, 15) is 24.2 Å². The number of aliphatic hydroxyl groups excluding tert-OH is 2. The topological polar surface area (TPSA) is 133 Å². The number of pyridine rings is 1. The van der Waals surface area contributed by atoms with Crippen molar-refractivity contribution in [3.8, 4) is 5.75 Å². The van der Waals surface area contributed by atoms with E-state index in [0.29, 0.717) is 39.3 Å². The van der Waals surface area contributed by atoms with E-state index >= 15 is 0 Å². The lowest BCUT2D eigenvalue weighted by molar-refractivity contribution is -0.113. The molecular formula is C25H25FN4O6S. The number of methoxy groups -OCH3 is 1. The van der Waals surface area contributed by atoms with Gasteiger partial charge in [0.15, 0.2) is 6.10 Å². The molecule has 4 N–H and O–H groups in total. The van der Waals surface area contributed by atoms with E-state index in [1.165, 1.54) is 23.8 Å². The third-order valence-electron chi connectivity index (χ3n) is 6.31. The molecular weight excluding hydrogens is 503 g/mol. The van der Waals surface area contributed by atoms with Crippen LogP contribution in [0.25, 0.3) is 10.9 Å². The van der Waals surface area contributed by atoms with Gasteiger partial charge in [0.1, 0.15) is 17.7 Å². The maximum atomic E-state index is 14.5. The number of aromatic nitrogens is 1. The summed E-state index contributed by atoms with van der Waals surface area (Å²) in [7, 11) is 1.52. The molecule has 5 rings (SSSR count). The van der Waals surface area contributed by atoms with Crippen LogP contribution in [0.15, 0.2) is 47.5 Å². The van der Waals surface area contributed by atoms with Crippen molar-refractivity contribution in [2.24, 2.45) is 0 Å². The highest BCUT2D eigenvalue weighted by Crippen LogP contribution is 2.35. The molecule has 0 spiro atoms. The van der Waals surface area contributed by atoms with Gasteiger partial charge in [0.25, 0.3) is 0 Å². The van der Waals surface area contributed by atoms with Crippen LogP contribution in [-0.2, 0) is 16.1 Å². The highest BCUT2D eigenvalue weighted by Gasteiger charge is 2.39. The minimum atomic E-state index is -1.38. The Balaban J connectivity index is 1.21. The Hall–Kier alpha value is -3.45. The Labute approximate surface area is 215 Å². The summed E-state index contributed by atoms with van der Waals surface area (Å²) >= 11 is 1.41. The zero-order chi connectivity index (χ0) is 26.1. The minimum Gasteiger partial charge on any atom is -0.497 e. The summed E-state index contributed by atoms with van der Waals surface area (Å²) in [6.45, 7) is 0.00211. The summed E-state index contributed by atoms with van der Waals surface area (Å²) < 4.78 is 25.1. The number of rotatable bonds is 8. The number of hydrogen-bond acceptors (Lipinski definition) is 9. The van der Waals surface area contributed by atoms with Gasteiger partial charge in [0, 0.05) is 34.6 Å². The lowest BCUT2D eigenvalue weighted by atomic mass is 10.1. The molecule has 3 aromatic rings. The molecule has 2 unspecified atom stereocenters. The number of carbonyl (C=O) groups is 2. The van der Waals surface area contributed by atoms with Crippen molar-refractivity contribution >= 4 is 46.0 Å². The quantitative estimate of drug-likeness (QED) is 0.347. The summed E-state index contributed by atoms with van der Waals surface area (Å²) in [5.41, 5.74) is 2.05.